The van der Waals surface area contributed by atoms with Crippen LogP contribution in [0.15, 0.2) is 47.5 Å². The minimum absolute atomic E-state index is 0.177. The Labute approximate surface area is 188 Å². The first-order valence-electron chi connectivity index (χ1n) is 9.81. The van der Waals surface area contributed by atoms with Crippen LogP contribution in [0.3, 0.4) is 0 Å². The molecule has 2 rings (SSSR count). The zero-order valence-electron chi connectivity index (χ0n) is 17.9. The standard InChI is InChI=1S/C23H27Cl2N3O2/c1-6-28(7-2)17-11-9-16(10-12-17)26-20(21(29)23(3,4)5)22(30)27-19-13-8-15(24)14-18(19)25/h8-14H,6-7H2,1-5H3,(H,27,30)/b26-20-. The molecule has 0 saturated heterocycles. The Hall–Kier alpha value is -2.37. The Morgan fingerprint density at radius 3 is 2.10 bits per heavy atom. The van der Waals surface area contributed by atoms with Crippen LogP contribution in [0.1, 0.15) is 34.6 Å². The van der Waals surface area contributed by atoms with Crippen LogP contribution in [-0.2, 0) is 9.59 Å². The van der Waals surface area contributed by atoms with Crippen LogP contribution in [0.2, 0.25) is 10.0 Å². The molecule has 0 aliphatic heterocycles. The van der Waals surface area contributed by atoms with E-state index in [0.717, 1.165) is 18.8 Å². The van der Waals surface area contributed by atoms with Crippen molar-refractivity contribution in [3.05, 3.63) is 52.5 Å². The lowest BCUT2D eigenvalue weighted by molar-refractivity contribution is -0.121. The van der Waals surface area contributed by atoms with Crippen molar-refractivity contribution >= 4 is 57.7 Å². The highest BCUT2D eigenvalue weighted by molar-refractivity contribution is 6.68. The summed E-state index contributed by atoms with van der Waals surface area (Å²) in [5.41, 5.74) is 0.985. The summed E-state index contributed by atoms with van der Waals surface area (Å²) in [5, 5.41) is 3.40. The van der Waals surface area contributed by atoms with Crippen LogP contribution >= 0.6 is 23.2 Å². The number of benzene rings is 2. The molecule has 2 aromatic rings. The van der Waals surface area contributed by atoms with Crippen LogP contribution in [0.4, 0.5) is 17.1 Å². The van der Waals surface area contributed by atoms with Crippen molar-refractivity contribution in [3.8, 4) is 0 Å². The van der Waals surface area contributed by atoms with Gasteiger partial charge in [-0.15, -0.1) is 0 Å². The number of nitrogens with zero attached hydrogens (tertiary/aromatic N) is 2. The van der Waals surface area contributed by atoms with Gasteiger partial charge in [-0.1, -0.05) is 44.0 Å². The summed E-state index contributed by atoms with van der Waals surface area (Å²) in [7, 11) is 0. The number of Topliss-reactive ketones (excluding diaryl/α,β-unsaturated/α-hetero) is 1. The molecule has 0 bridgehead atoms. The van der Waals surface area contributed by atoms with Crippen molar-refractivity contribution < 1.29 is 9.59 Å². The molecule has 0 aromatic heterocycles. The van der Waals surface area contributed by atoms with E-state index in [4.69, 9.17) is 23.2 Å². The molecule has 0 fully saturated rings. The topological polar surface area (TPSA) is 61.8 Å². The lowest BCUT2D eigenvalue weighted by Gasteiger charge is -2.21. The molecule has 5 nitrogen and oxygen atoms in total. The normalized spacial score (nSPS) is 11.9. The van der Waals surface area contributed by atoms with Crippen LogP contribution < -0.4 is 10.2 Å². The number of anilines is 2. The van der Waals surface area contributed by atoms with Crippen molar-refractivity contribution in [2.24, 2.45) is 10.4 Å². The van der Waals surface area contributed by atoms with Crippen molar-refractivity contribution in [1.82, 2.24) is 0 Å². The molecule has 0 saturated carbocycles. The first-order chi connectivity index (χ1) is 14.1. The van der Waals surface area contributed by atoms with Gasteiger partial charge >= 0.3 is 0 Å². The Kier molecular flexibility index (Phi) is 8.04. The minimum atomic E-state index is -0.777. The lowest BCUT2D eigenvalue weighted by atomic mass is 9.87. The number of ketones is 1. The zero-order chi connectivity index (χ0) is 22.5. The molecule has 160 valence electrons. The van der Waals surface area contributed by atoms with Gasteiger partial charge in [0.05, 0.1) is 16.4 Å². The van der Waals surface area contributed by atoms with Crippen molar-refractivity contribution in [2.45, 2.75) is 34.6 Å². The Morgan fingerprint density at radius 1 is 1.00 bits per heavy atom. The molecule has 0 spiro atoms. The number of hydrogen-bond acceptors (Lipinski definition) is 4. The van der Waals surface area contributed by atoms with E-state index in [2.05, 4.69) is 29.1 Å². The molecule has 30 heavy (non-hydrogen) atoms. The second kappa shape index (κ2) is 10.1. The average Bonchev–Trinajstić information content (AvgIpc) is 2.69. The van der Waals surface area contributed by atoms with Gasteiger partial charge in [0.1, 0.15) is 0 Å². The highest BCUT2D eigenvalue weighted by Gasteiger charge is 2.31. The van der Waals surface area contributed by atoms with Gasteiger partial charge in [0.25, 0.3) is 5.91 Å². The molecule has 1 amide bonds. The van der Waals surface area contributed by atoms with E-state index >= 15 is 0 Å². The van der Waals surface area contributed by atoms with E-state index in [0.29, 0.717) is 16.4 Å². The maximum absolute atomic E-state index is 13.0. The highest BCUT2D eigenvalue weighted by Crippen LogP contribution is 2.27. The van der Waals surface area contributed by atoms with Gasteiger partial charge in [0, 0.05) is 29.2 Å². The average molecular weight is 448 g/mol. The molecule has 0 radical (unpaired) electrons. The largest absolute Gasteiger partial charge is 0.372 e. The summed E-state index contributed by atoms with van der Waals surface area (Å²) in [4.78, 5) is 32.5. The third-order valence-electron chi connectivity index (χ3n) is 4.51. The zero-order valence-corrected chi connectivity index (χ0v) is 19.4. The van der Waals surface area contributed by atoms with Crippen LogP contribution in [0, 0.1) is 5.41 Å². The number of hydrogen-bond donors (Lipinski definition) is 1. The second-order valence-corrected chi connectivity index (χ2v) is 8.65. The van der Waals surface area contributed by atoms with Gasteiger partial charge in [-0.05, 0) is 56.3 Å². The first-order valence-corrected chi connectivity index (χ1v) is 10.6. The van der Waals surface area contributed by atoms with E-state index < -0.39 is 11.3 Å². The van der Waals surface area contributed by atoms with Gasteiger partial charge in [-0.2, -0.15) is 0 Å². The molecule has 0 unspecified atom stereocenters. The molecule has 7 heteroatoms. The number of amides is 1. The summed E-state index contributed by atoms with van der Waals surface area (Å²) in [6, 6.07) is 12.2. The third-order valence-corrected chi connectivity index (χ3v) is 5.06. The van der Waals surface area contributed by atoms with E-state index in [1.54, 1.807) is 45.0 Å². The number of nitrogens with one attached hydrogen (secondary N) is 1. The Balaban J connectivity index is 2.39. The number of carbonyl (C=O) groups excluding carboxylic acids is 2. The molecule has 1 N–H and O–H groups in total. The molecular formula is C23H27Cl2N3O2. The van der Waals surface area contributed by atoms with Crippen molar-refractivity contribution in [1.29, 1.82) is 0 Å². The van der Waals surface area contributed by atoms with E-state index in [1.165, 1.54) is 6.07 Å². The second-order valence-electron chi connectivity index (χ2n) is 7.81. The van der Waals surface area contributed by atoms with Gasteiger partial charge in [-0.3, -0.25) is 9.59 Å². The summed E-state index contributed by atoms with van der Waals surface area (Å²) in [6.45, 7) is 11.2. The predicted octanol–water partition coefficient (Wildman–Crippen LogP) is 6.17. The van der Waals surface area contributed by atoms with Gasteiger partial charge < -0.3 is 10.2 Å². The number of aliphatic imine (C=N–C) groups is 1. The van der Waals surface area contributed by atoms with E-state index in [9.17, 15) is 9.59 Å². The van der Waals surface area contributed by atoms with E-state index in [-0.39, 0.29) is 16.5 Å². The highest BCUT2D eigenvalue weighted by atomic mass is 35.5. The fourth-order valence-corrected chi connectivity index (χ4v) is 3.24. The number of rotatable bonds is 7. The van der Waals surface area contributed by atoms with E-state index in [1.807, 2.05) is 12.1 Å². The molecule has 0 aliphatic rings. The smallest absolute Gasteiger partial charge is 0.278 e. The van der Waals surface area contributed by atoms with Crippen LogP contribution in [0.5, 0.6) is 0 Å². The number of halogens is 2. The summed E-state index contributed by atoms with van der Waals surface area (Å²) in [6.07, 6.45) is 0. The quantitative estimate of drug-likeness (QED) is 0.407. The summed E-state index contributed by atoms with van der Waals surface area (Å²) < 4.78 is 0. The molecule has 0 heterocycles. The van der Waals surface area contributed by atoms with Crippen LogP contribution in [0.25, 0.3) is 0 Å². The van der Waals surface area contributed by atoms with Crippen molar-refractivity contribution in [2.75, 3.05) is 23.3 Å². The number of carbonyl (C=O) groups is 2. The minimum Gasteiger partial charge on any atom is -0.372 e. The lowest BCUT2D eigenvalue weighted by Crippen LogP contribution is -2.37. The van der Waals surface area contributed by atoms with Gasteiger partial charge in [-0.25, -0.2) is 4.99 Å². The summed E-state index contributed by atoms with van der Waals surface area (Å²) in [5.74, 6) is -0.982. The Bertz CT molecular complexity index is 944. The fraction of sp³-hybridized carbons (Fsp3) is 0.348. The van der Waals surface area contributed by atoms with Crippen molar-refractivity contribution in [3.63, 3.8) is 0 Å². The first kappa shape index (κ1) is 23.9. The SMILES string of the molecule is CCN(CC)c1ccc(/N=C(\C(=O)Nc2ccc(Cl)cc2Cl)C(=O)C(C)(C)C)cc1. The van der Waals surface area contributed by atoms with Crippen LogP contribution in [-0.4, -0.2) is 30.5 Å². The third kappa shape index (κ3) is 6.07. The molecule has 0 atom stereocenters. The molecule has 2 aromatic carbocycles. The predicted molar refractivity (Wildman–Crippen MR) is 127 cm³/mol. The maximum atomic E-state index is 13.0. The van der Waals surface area contributed by atoms with Gasteiger partial charge in [0.15, 0.2) is 11.5 Å². The summed E-state index contributed by atoms with van der Waals surface area (Å²) >= 11 is 12.1. The maximum Gasteiger partial charge on any atom is 0.278 e. The molecular weight excluding hydrogens is 421 g/mol. The Morgan fingerprint density at radius 2 is 1.60 bits per heavy atom. The monoisotopic (exact) mass is 447 g/mol. The fourth-order valence-electron chi connectivity index (χ4n) is 2.79. The molecule has 0 aliphatic carbocycles. The van der Waals surface area contributed by atoms with Gasteiger partial charge in [0.2, 0.25) is 0 Å².